The molecule has 0 saturated heterocycles. The molecule has 0 aromatic heterocycles. The van der Waals surface area contributed by atoms with Crippen LogP contribution < -0.4 is 15.8 Å². The highest BCUT2D eigenvalue weighted by Crippen LogP contribution is 2.40. The van der Waals surface area contributed by atoms with Crippen molar-refractivity contribution in [2.24, 2.45) is 5.73 Å². The summed E-state index contributed by atoms with van der Waals surface area (Å²) in [7, 11) is 0. The van der Waals surface area contributed by atoms with Gasteiger partial charge in [0.05, 0.1) is 0 Å². The maximum absolute atomic E-state index is 6.04. The fourth-order valence-electron chi connectivity index (χ4n) is 2.83. The molecule has 4 rings (SSSR count). The number of para-hydroxylation sites is 1. The maximum atomic E-state index is 6.04. The minimum atomic E-state index is -0.0374. The van der Waals surface area contributed by atoms with Gasteiger partial charge in [0.2, 0.25) is 0 Å². The van der Waals surface area contributed by atoms with Gasteiger partial charge in [-0.15, -0.1) is 0 Å². The van der Waals surface area contributed by atoms with Crippen molar-refractivity contribution in [1.29, 1.82) is 0 Å². The van der Waals surface area contributed by atoms with Crippen LogP contribution in [-0.4, -0.2) is 24.2 Å². The van der Waals surface area contributed by atoms with Crippen LogP contribution in [0.3, 0.4) is 0 Å². The highest BCUT2D eigenvalue weighted by atomic mass is 16.5. The molecule has 3 nitrogen and oxygen atoms in total. The predicted octanol–water partition coefficient (Wildman–Crippen LogP) is 3.19. The van der Waals surface area contributed by atoms with Crippen molar-refractivity contribution < 1.29 is 4.74 Å². The molecule has 0 radical (unpaired) electrons. The normalized spacial score (nSPS) is 26.1. The van der Waals surface area contributed by atoms with E-state index in [1.54, 1.807) is 0 Å². The van der Waals surface area contributed by atoms with E-state index in [-0.39, 0.29) is 5.60 Å². The van der Waals surface area contributed by atoms with E-state index in [0.29, 0.717) is 12.0 Å². The van der Waals surface area contributed by atoms with E-state index >= 15 is 0 Å². The van der Waals surface area contributed by atoms with Gasteiger partial charge in [0.15, 0.2) is 0 Å². The summed E-state index contributed by atoms with van der Waals surface area (Å²) in [4.78, 5) is 0. The average Bonchev–Trinajstić information content (AvgIpc) is 3.32. The van der Waals surface area contributed by atoms with E-state index in [9.17, 15) is 0 Å². The minimum Gasteiger partial charge on any atom is -0.488 e. The molecule has 3 aliphatic rings. The molecule has 2 fully saturated rings. The van der Waals surface area contributed by atoms with E-state index in [0.717, 1.165) is 24.8 Å². The van der Waals surface area contributed by atoms with E-state index in [2.05, 4.69) is 43.4 Å². The molecule has 0 amide bonds. The lowest BCUT2D eigenvalue weighted by Crippen LogP contribution is -2.38. The molecule has 1 aromatic rings. The van der Waals surface area contributed by atoms with Crippen LogP contribution in [0.15, 0.2) is 24.3 Å². The Balaban J connectivity index is 0.000000287. The molecule has 1 aliphatic heterocycles. The Bertz CT molecular complexity index is 478. The zero-order valence-electron chi connectivity index (χ0n) is 13.3. The summed E-state index contributed by atoms with van der Waals surface area (Å²) < 4.78 is 6.04. The Morgan fingerprint density at radius 2 is 1.86 bits per heavy atom. The lowest BCUT2D eigenvalue weighted by atomic mass is 9.84. The lowest BCUT2D eigenvalue weighted by Gasteiger charge is -2.37. The summed E-state index contributed by atoms with van der Waals surface area (Å²) >= 11 is 0. The SMILES string of the molecule is CC1(C)CC(CNC2CC2)c2ccccc2O1.NC1CC1. The van der Waals surface area contributed by atoms with Crippen molar-refractivity contribution in [2.45, 2.75) is 69.6 Å². The number of hydrogen-bond acceptors (Lipinski definition) is 3. The third-order valence-corrected chi connectivity index (χ3v) is 4.34. The number of benzene rings is 1. The first-order valence-electron chi connectivity index (χ1n) is 8.30. The fourth-order valence-corrected chi connectivity index (χ4v) is 2.83. The quantitative estimate of drug-likeness (QED) is 0.898. The topological polar surface area (TPSA) is 47.3 Å². The van der Waals surface area contributed by atoms with Crippen LogP contribution >= 0.6 is 0 Å². The Kier molecular flexibility index (Phi) is 4.23. The molecule has 3 heteroatoms. The van der Waals surface area contributed by atoms with Gasteiger partial charge in [0, 0.05) is 24.5 Å². The van der Waals surface area contributed by atoms with Crippen molar-refractivity contribution in [3.8, 4) is 5.75 Å². The van der Waals surface area contributed by atoms with Gasteiger partial charge in [-0.05, 0) is 57.6 Å². The van der Waals surface area contributed by atoms with Crippen LogP contribution in [0.1, 0.15) is 57.4 Å². The molecule has 1 unspecified atom stereocenters. The molecule has 21 heavy (non-hydrogen) atoms. The van der Waals surface area contributed by atoms with Crippen molar-refractivity contribution in [2.75, 3.05) is 6.54 Å². The molecule has 1 aromatic carbocycles. The Hall–Kier alpha value is -1.06. The van der Waals surface area contributed by atoms with Gasteiger partial charge in [0.25, 0.3) is 0 Å². The number of rotatable bonds is 3. The fraction of sp³-hybridized carbons (Fsp3) is 0.667. The van der Waals surface area contributed by atoms with Crippen molar-refractivity contribution in [3.63, 3.8) is 0 Å². The second kappa shape index (κ2) is 5.98. The second-order valence-electron chi connectivity index (χ2n) is 7.32. The zero-order valence-corrected chi connectivity index (χ0v) is 13.3. The molecule has 2 saturated carbocycles. The molecule has 0 spiro atoms. The summed E-state index contributed by atoms with van der Waals surface area (Å²) in [5, 5.41) is 3.65. The summed E-state index contributed by atoms with van der Waals surface area (Å²) in [6.07, 6.45) is 6.34. The number of ether oxygens (including phenoxy) is 1. The Morgan fingerprint density at radius 3 is 2.48 bits per heavy atom. The van der Waals surface area contributed by atoms with E-state index < -0.39 is 0 Å². The third-order valence-electron chi connectivity index (χ3n) is 4.34. The second-order valence-corrected chi connectivity index (χ2v) is 7.32. The van der Waals surface area contributed by atoms with Gasteiger partial charge in [-0.3, -0.25) is 0 Å². The van der Waals surface area contributed by atoms with Crippen LogP contribution in [0.5, 0.6) is 5.75 Å². The van der Waals surface area contributed by atoms with E-state index in [1.165, 1.54) is 31.2 Å². The van der Waals surface area contributed by atoms with Crippen molar-refractivity contribution in [3.05, 3.63) is 29.8 Å². The van der Waals surface area contributed by atoms with Gasteiger partial charge in [-0.2, -0.15) is 0 Å². The average molecular weight is 288 g/mol. The molecule has 1 atom stereocenters. The maximum Gasteiger partial charge on any atom is 0.123 e. The van der Waals surface area contributed by atoms with Crippen molar-refractivity contribution >= 4 is 0 Å². The highest BCUT2D eigenvalue weighted by molar-refractivity contribution is 5.39. The van der Waals surface area contributed by atoms with Gasteiger partial charge in [-0.1, -0.05) is 18.2 Å². The van der Waals surface area contributed by atoms with Gasteiger partial charge in [0.1, 0.15) is 11.4 Å². The Labute approximate surface area is 128 Å². The monoisotopic (exact) mass is 288 g/mol. The summed E-state index contributed by atoms with van der Waals surface area (Å²) in [6, 6.07) is 9.86. The van der Waals surface area contributed by atoms with Gasteiger partial charge >= 0.3 is 0 Å². The molecule has 2 aliphatic carbocycles. The minimum absolute atomic E-state index is 0.0374. The Morgan fingerprint density at radius 1 is 1.19 bits per heavy atom. The first kappa shape index (κ1) is 14.9. The third kappa shape index (κ3) is 4.45. The zero-order chi connectivity index (χ0) is 14.9. The molecular formula is C18H28N2O. The van der Waals surface area contributed by atoms with Crippen LogP contribution in [-0.2, 0) is 0 Å². The van der Waals surface area contributed by atoms with E-state index in [4.69, 9.17) is 10.5 Å². The smallest absolute Gasteiger partial charge is 0.123 e. The highest BCUT2D eigenvalue weighted by Gasteiger charge is 2.34. The van der Waals surface area contributed by atoms with Crippen molar-refractivity contribution in [1.82, 2.24) is 5.32 Å². The van der Waals surface area contributed by atoms with Crippen LogP contribution in [0.4, 0.5) is 0 Å². The molecular weight excluding hydrogens is 260 g/mol. The molecule has 3 N–H and O–H groups in total. The number of nitrogens with one attached hydrogen (secondary N) is 1. The molecule has 1 heterocycles. The first-order valence-corrected chi connectivity index (χ1v) is 8.30. The van der Waals surface area contributed by atoms with Crippen LogP contribution in [0, 0.1) is 0 Å². The molecule has 0 bridgehead atoms. The number of hydrogen-bond donors (Lipinski definition) is 2. The van der Waals surface area contributed by atoms with E-state index in [1.807, 2.05) is 0 Å². The first-order chi connectivity index (χ1) is 10.0. The molecule has 116 valence electrons. The predicted molar refractivity (Wildman–Crippen MR) is 86.7 cm³/mol. The summed E-state index contributed by atoms with van der Waals surface area (Å²) in [5.41, 5.74) is 6.56. The standard InChI is InChI=1S/C15H21NO.C3H7N/c1-15(2)9-11(10-16-12-7-8-12)13-5-3-4-6-14(13)17-15;4-3-1-2-3/h3-6,11-12,16H,7-10H2,1-2H3;3H,1-2,4H2. The van der Waals surface area contributed by atoms with Crippen LogP contribution in [0.25, 0.3) is 0 Å². The van der Waals surface area contributed by atoms with Gasteiger partial charge < -0.3 is 15.8 Å². The summed E-state index contributed by atoms with van der Waals surface area (Å²) in [6.45, 7) is 5.47. The number of fused-ring (bicyclic) bond motifs is 1. The van der Waals surface area contributed by atoms with Gasteiger partial charge in [-0.25, -0.2) is 0 Å². The summed E-state index contributed by atoms with van der Waals surface area (Å²) in [5.74, 6) is 1.67. The van der Waals surface area contributed by atoms with Crippen LogP contribution in [0.2, 0.25) is 0 Å². The lowest BCUT2D eigenvalue weighted by molar-refractivity contribution is 0.0717. The number of nitrogens with two attached hydrogens (primary N) is 1. The largest absolute Gasteiger partial charge is 0.488 e.